The summed E-state index contributed by atoms with van der Waals surface area (Å²) < 4.78 is 6.84. The molecule has 0 bridgehead atoms. The summed E-state index contributed by atoms with van der Waals surface area (Å²) in [7, 11) is 1.46. The zero-order valence-electron chi connectivity index (χ0n) is 12.7. The lowest BCUT2D eigenvalue weighted by molar-refractivity contribution is -0.146. The average molecular weight is 297 g/mol. The Morgan fingerprint density at radius 2 is 2.18 bits per heavy atom. The molecule has 0 unspecified atom stereocenters. The molecule has 114 valence electrons. The Morgan fingerprint density at radius 1 is 1.41 bits per heavy atom. The molecule has 1 saturated carbocycles. The number of hydrogen-bond donors (Lipinski definition) is 0. The van der Waals surface area contributed by atoms with Gasteiger partial charge in [-0.2, -0.15) is 10.4 Å². The molecule has 0 amide bonds. The van der Waals surface area contributed by atoms with Crippen LogP contribution < -0.4 is 0 Å². The topological polar surface area (TPSA) is 67.9 Å². The van der Waals surface area contributed by atoms with Crippen LogP contribution >= 0.6 is 0 Å². The second-order valence-corrected chi connectivity index (χ2v) is 5.95. The number of hydrogen-bond acceptors (Lipinski definition) is 4. The van der Waals surface area contributed by atoms with Crippen LogP contribution in [0.25, 0.3) is 10.9 Å². The number of rotatable bonds is 3. The summed E-state index contributed by atoms with van der Waals surface area (Å²) >= 11 is 0. The predicted octanol–water partition coefficient (Wildman–Crippen LogP) is 2.89. The maximum atomic E-state index is 11.6. The van der Waals surface area contributed by atoms with Crippen molar-refractivity contribution in [1.82, 2.24) is 9.78 Å². The summed E-state index contributed by atoms with van der Waals surface area (Å²) in [5.41, 5.74) is 1.72. The molecule has 1 fully saturated rings. The van der Waals surface area contributed by atoms with Gasteiger partial charge in [-0.05, 0) is 49.8 Å². The number of ether oxygens (including phenoxy) is 1. The van der Waals surface area contributed by atoms with Gasteiger partial charge in [0, 0.05) is 11.9 Å². The number of fused-ring (bicyclic) bond motifs is 1. The number of esters is 1. The van der Waals surface area contributed by atoms with E-state index in [0.29, 0.717) is 11.5 Å². The molecule has 5 heteroatoms. The monoisotopic (exact) mass is 297 g/mol. The lowest BCUT2D eigenvalue weighted by Gasteiger charge is -2.26. The van der Waals surface area contributed by atoms with Crippen molar-refractivity contribution in [2.24, 2.45) is 11.8 Å². The summed E-state index contributed by atoms with van der Waals surface area (Å²) in [5, 5.41) is 14.4. The van der Waals surface area contributed by atoms with Crippen molar-refractivity contribution in [3.63, 3.8) is 0 Å². The molecular weight excluding hydrogens is 278 g/mol. The molecule has 0 spiro atoms. The summed E-state index contributed by atoms with van der Waals surface area (Å²) in [5.74, 6) is 0.528. The molecular formula is C17H19N3O2. The van der Waals surface area contributed by atoms with Crippen molar-refractivity contribution < 1.29 is 9.53 Å². The first-order valence-electron chi connectivity index (χ1n) is 7.64. The number of nitrogens with zero attached hydrogens (tertiary/aromatic N) is 3. The lowest BCUT2D eigenvalue weighted by atomic mass is 9.82. The SMILES string of the molecule is COC(=O)[C@H]1CC[C@H](Cn2ncc3cc(C#N)ccc32)CC1. The number of carbonyl (C=O) groups is 1. The predicted molar refractivity (Wildman–Crippen MR) is 81.9 cm³/mol. The van der Waals surface area contributed by atoms with E-state index in [1.165, 1.54) is 7.11 Å². The summed E-state index contributed by atoms with van der Waals surface area (Å²) in [6, 6.07) is 7.81. The van der Waals surface area contributed by atoms with Gasteiger partial charge < -0.3 is 4.74 Å². The van der Waals surface area contributed by atoms with E-state index in [9.17, 15) is 4.79 Å². The Hall–Kier alpha value is -2.35. The minimum atomic E-state index is -0.0768. The highest BCUT2D eigenvalue weighted by Crippen LogP contribution is 2.31. The van der Waals surface area contributed by atoms with E-state index >= 15 is 0 Å². The molecule has 5 nitrogen and oxygen atoms in total. The standard InChI is InChI=1S/C17H19N3O2/c1-22-17(21)14-5-2-12(3-6-14)11-20-16-7-4-13(9-18)8-15(16)10-19-20/h4,7-8,10,12,14H,2-3,5-6,11H2,1H3/t12-,14-. The Bertz CT molecular complexity index is 721. The molecule has 1 heterocycles. The van der Waals surface area contributed by atoms with E-state index in [1.54, 1.807) is 0 Å². The van der Waals surface area contributed by atoms with Crippen LogP contribution in [0.3, 0.4) is 0 Å². The second-order valence-electron chi connectivity index (χ2n) is 5.95. The Morgan fingerprint density at radius 3 is 2.86 bits per heavy atom. The van der Waals surface area contributed by atoms with Gasteiger partial charge in [0.05, 0.1) is 36.4 Å². The first kappa shape index (κ1) is 14.6. The fourth-order valence-corrected chi connectivity index (χ4v) is 3.29. The van der Waals surface area contributed by atoms with Gasteiger partial charge in [0.1, 0.15) is 0 Å². The summed E-state index contributed by atoms with van der Waals surface area (Å²) in [6.07, 6.45) is 5.66. The third kappa shape index (κ3) is 2.82. The van der Waals surface area contributed by atoms with Crippen molar-refractivity contribution in [3.8, 4) is 6.07 Å². The van der Waals surface area contributed by atoms with Gasteiger partial charge in [-0.1, -0.05) is 0 Å². The van der Waals surface area contributed by atoms with Gasteiger partial charge in [0.2, 0.25) is 0 Å². The Kier molecular flexibility index (Phi) is 4.10. The van der Waals surface area contributed by atoms with E-state index in [4.69, 9.17) is 10.00 Å². The second kappa shape index (κ2) is 6.18. The van der Waals surface area contributed by atoms with Crippen molar-refractivity contribution in [1.29, 1.82) is 5.26 Å². The van der Waals surface area contributed by atoms with Crippen molar-refractivity contribution in [3.05, 3.63) is 30.0 Å². The van der Waals surface area contributed by atoms with Crippen molar-refractivity contribution in [2.75, 3.05) is 7.11 Å². The first-order valence-corrected chi connectivity index (χ1v) is 7.64. The zero-order valence-corrected chi connectivity index (χ0v) is 12.7. The van der Waals surface area contributed by atoms with Crippen LogP contribution in [0.2, 0.25) is 0 Å². The minimum absolute atomic E-state index is 0.0637. The Labute approximate surface area is 129 Å². The summed E-state index contributed by atoms with van der Waals surface area (Å²) in [4.78, 5) is 11.6. The van der Waals surface area contributed by atoms with E-state index in [-0.39, 0.29) is 11.9 Å². The molecule has 0 atom stereocenters. The van der Waals surface area contributed by atoms with Gasteiger partial charge in [-0.3, -0.25) is 9.48 Å². The molecule has 22 heavy (non-hydrogen) atoms. The van der Waals surface area contributed by atoms with Crippen molar-refractivity contribution in [2.45, 2.75) is 32.2 Å². The molecule has 0 N–H and O–H groups in total. The number of carbonyl (C=O) groups excluding carboxylic acids is 1. The molecule has 0 aliphatic heterocycles. The van der Waals surface area contributed by atoms with Gasteiger partial charge in [0.25, 0.3) is 0 Å². The average Bonchev–Trinajstić information content (AvgIpc) is 2.97. The van der Waals surface area contributed by atoms with Gasteiger partial charge in [-0.15, -0.1) is 0 Å². The fourth-order valence-electron chi connectivity index (χ4n) is 3.29. The third-order valence-corrected chi connectivity index (χ3v) is 4.58. The lowest BCUT2D eigenvalue weighted by Crippen LogP contribution is -2.25. The van der Waals surface area contributed by atoms with E-state index in [0.717, 1.165) is 43.1 Å². The van der Waals surface area contributed by atoms with Gasteiger partial charge >= 0.3 is 5.97 Å². The number of methoxy groups -OCH3 is 1. The maximum absolute atomic E-state index is 11.6. The number of aromatic nitrogens is 2. The largest absolute Gasteiger partial charge is 0.469 e. The zero-order chi connectivity index (χ0) is 15.5. The van der Waals surface area contributed by atoms with Gasteiger partial charge in [-0.25, -0.2) is 0 Å². The Balaban J connectivity index is 1.67. The first-order chi connectivity index (χ1) is 10.7. The minimum Gasteiger partial charge on any atom is -0.469 e. The molecule has 3 rings (SSSR count). The van der Waals surface area contributed by atoms with E-state index in [1.807, 2.05) is 29.1 Å². The van der Waals surface area contributed by atoms with Crippen LogP contribution in [0.4, 0.5) is 0 Å². The molecule has 1 aliphatic carbocycles. The maximum Gasteiger partial charge on any atom is 0.308 e. The molecule has 1 aliphatic rings. The number of benzene rings is 1. The van der Waals surface area contributed by atoms with Crippen LogP contribution in [0.1, 0.15) is 31.2 Å². The highest BCUT2D eigenvalue weighted by atomic mass is 16.5. The van der Waals surface area contributed by atoms with Crippen molar-refractivity contribution >= 4 is 16.9 Å². The fraction of sp³-hybridized carbons (Fsp3) is 0.471. The molecule has 1 aromatic carbocycles. The highest BCUT2D eigenvalue weighted by molar-refractivity contribution is 5.80. The summed E-state index contributed by atoms with van der Waals surface area (Å²) in [6.45, 7) is 0.864. The number of nitriles is 1. The van der Waals surface area contributed by atoms with E-state index in [2.05, 4.69) is 11.2 Å². The molecule has 1 aromatic heterocycles. The van der Waals surface area contributed by atoms with Crippen LogP contribution in [0.5, 0.6) is 0 Å². The van der Waals surface area contributed by atoms with Crippen LogP contribution in [-0.4, -0.2) is 22.9 Å². The van der Waals surface area contributed by atoms with Crippen LogP contribution in [0, 0.1) is 23.2 Å². The smallest absolute Gasteiger partial charge is 0.308 e. The van der Waals surface area contributed by atoms with Crippen LogP contribution in [0.15, 0.2) is 24.4 Å². The van der Waals surface area contributed by atoms with Gasteiger partial charge in [0.15, 0.2) is 0 Å². The normalized spacial score (nSPS) is 21.5. The third-order valence-electron chi connectivity index (χ3n) is 4.58. The molecule has 0 radical (unpaired) electrons. The quantitative estimate of drug-likeness (QED) is 0.817. The molecule has 0 saturated heterocycles. The van der Waals surface area contributed by atoms with E-state index < -0.39 is 0 Å². The highest BCUT2D eigenvalue weighted by Gasteiger charge is 2.27. The van der Waals surface area contributed by atoms with Crippen LogP contribution in [-0.2, 0) is 16.1 Å². The molecule has 2 aromatic rings.